The van der Waals surface area contributed by atoms with Gasteiger partial charge in [0.15, 0.2) is 0 Å². The number of hydrogen-bond acceptors (Lipinski definition) is 4. The van der Waals surface area contributed by atoms with E-state index >= 15 is 0 Å². The average molecular weight is 425 g/mol. The molecule has 2 unspecified atom stereocenters. The molecule has 2 heterocycles. The second-order valence-corrected chi connectivity index (χ2v) is 8.40. The van der Waals surface area contributed by atoms with Crippen LogP contribution in [0.3, 0.4) is 0 Å². The topological polar surface area (TPSA) is 74.8 Å². The molecule has 2 saturated heterocycles. The van der Waals surface area contributed by atoms with E-state index in [1.807, 2.05) is 0 Å². The predicted octanol–water partition coefficient (Wildman–Crippen LogP) is 3.21. The largest absolute Gasteiger partial charge is 0.278 e. The van der Waals surface area contributed by atoms with Crippen LogP contribution in [0.1, 0.15) is 59.2 Å². The standard InChI is InChI=1S/C20H22Cl2N2O4/c21-15-6-2-8-23(17(25)11-15)19(27)13-4-1-5-14(10-13)20(28)24-9-3-7-16(22)12-18(24)26/h1,4-5,10,15-16H,2-3,6-9,11-12H2. The van der Waals surface area contributed by atoms with Crippen molar-refractivity contribution in [2.75, 3.05) is 13.1 Å². The quantitative estimate of drug-likeness (QED) is 0.539. The van der Waals surface area contributed by atoms with Crippen molar-refractivity contribution >= 4 is 46.8 Å². The highest BCUT2D eigenvalue weighted by molar-refractivity contribution is 6.22. The van der Waals surface area contributed by atoms with E-state index < -0.39 is 11.8 Å². The van der Waals surface area contributed by atoms with Crippen LogP contribution in [0.25, 0.3) is 0 Å². The first-order chi connectivity index (χ1) is 13.4. The Balaban J connectivity index is 1.79. The zero-order valence-corrected chi connectivity index (χ0v) is 16.9. The Bertz CT molecular complexity index is 737. The van der Waals surface area contributed by atoms with E-state index in [4.69, 9.17) is 23.2 Å². The van der Waals surface area contributed by atoms with E-state index in [2.05, 4.69) is 0 Å². The highest BCUT2D eigenvalue weighted by Crippen LogP contribution is 2.21. The van der Waals surface area contributed by atoms with Crippen molar-refractivity contribution in [3.05, 3.63) is 35.4 Å². The lowest BCUT2D eigenvalue weighted by Crippen LogP contribution is -2.38. The SMILES string of the molecule is O=C1CC(Cl)CCCN1C(=O)c1cccc(C(=O)N2CCCC(Cl)CC2=O)c1. The number of nitrogens with zero attached hydrogens (tertiary/aromatic N) is 2. The second-order valence-electron chi connectivity index (χ2n) is 7.17. The van der Waals surface area contributed by atoms with Gasteiger partial charge in [-0.15, -0.1) is 23.2 Å². The number of imide groups is 2. The third-order valence-corrected chi connectivity index (χ3v) is 5.78. The fourth-order valence-corrected chi connectivity index (χ4v) is 4.09. The van der Waals surface area contributed by atoms with Crippen LogP contribution in [0.2, 0.25) is 0 Å². The molecule has 150 valence electrons. The van der Waals surface area contributed by atoms with Gasteiger partial charge in [-0.3, -0.25) is 29.0 Å². The molecule has 2 aliphatic heterocycles. The summed E-state index contributed by atoms with van der Waals surface area (Å²) in [5, 5.41) is -0.531. The van der Waals surface area contributed by atoms with Gasteiger partial charge in [0.2, 0.25) is 11.8 Å². The van der Waals surface area contributed by atoms with Crippen molar-refractivity contribution in [3.8, 4) is 0 Å². The maximum atomic E-state index is 12.8. The minimum absolute atomic E-state index is 0.119. The maximum Gasteiger partial charge on any atom is 0.260 e. The smallest absolute Gasteiger partial charge is 0.260 e. The summed E-state index contributed by atoms with van der Waals surface area (Å²) >= 11 is 12.1. The fraction of sp³-hybridized carbons (Fsp3) is 0.500. The van der Waals surface area contributed by atoms with Crippen LogP contribution in [0.15, 0.2) is 24.3 Å². The van der Waals surface area contributed by atoms with Gasteiger partial charge in [-0.25, -0.2) is 0 Å². The first kappa shape index (κ1) is 20.8. The van der Waals surface area contributed by atoms with E-state index in [1.54, 1.807) is 18.2 Å². The lowest BCUT2D eigenvalue weighted by atomic mass is 10.1. The molecule has 0 saturated carbocycles. The van der Waals surface area contributed by atoms with Crippen LogP contribution in [0.5, 0.6) is 0 Å². The number of likely N-dealkylation sites (tertiary alicyclic amines) is 2. The minimum atomic E-state index is -0.451. The van der Waals surface area contributed by atoms with E-state index in [9.17, 15) is 19.2 Å². The third kappa shape index (κ3) is 4.73. The lowest BCUT2D eigenvalue weighted by Gasteiger charge is -2.20. The molecule has 0 N–H and O–H groups in total. The number of alkyl halides is 2. The van der Waals surface area contributed by atoms with Gasteiger partial charge in [0.25, 0.3) is 11.8 Å². The van der Waals surface area contributed by atoms with Crippen molar-refractivity contribution in [1.82, 2.24) is 9.80 Å². The Hall–Kier alpha value is -1.92. The first-order valence-corrected chi connectivity index (χ1v) is 10.3. The highest BCUT2D eigenvalue weighted by atomic mass is 35.5. The van der Waals surface area contributed by atoms with Crippen molar-refractivity contribution < 1.29 is 19.2 Å². The van der Waals surface area contributed by atoms with Crippen LogP contribution >= 0.6 is 23.2 Å². The molecule has 4 amide bonds. The Morgan fingerprint density at radius 3 is 1.68 bits per heavy atom. The number of hydrogen-bond donors (Lipinski definition) is 0. The van der Waals surface area contributed by atoms with Crippen LogP contribution in [0.4, 0.5) is 0 Å². The molecule has 0 radical (unpaired) electrons. The van der Waals surface area contributed by atoms with Crippen LogP contribution in [-0.2, 0) is 9.59 Å². The van der Waals surface area contributed by atoms with Crippen molar-refractivity contribution in [2.45, 2.75) is 49.3 Å². The molecule has 8 heteroatoms. The predicted molar refractivity (Wildman–Crippen MR) is 106 cm³/mol. The molecular weight excluding hydrogens is 403 g/mol. The number of benzene rings is 1. The summed E-state index contributed by atoms with van der Waals surface area (Å²) in [4.78, 5) is 52.7. The zero-order chi connectivity index (χ0) is 20.3. The molecule has 2 aliphatic rings. The van der Waals surface area contributed by atoms with E-state index in [0.717, 1.165) is 0 Å². The van der Waals surface area contributed by atoms with Crippen LogP contribution in [-0.4, -0.2) is 57.3 Å². The lowest BCUT2D eigenvalue weighted by molar-refractivity contribution is -0.129. The minimum Gasteiger partial charge on any atom is -0.278 e. The summed E-state index contributed by atoms with van der Waals surface area (Å²) in [7, 11) is 0. The van der Waals surface area contributed by atoms with Gasteiger partial charge in [0, 0.05) is 47.8 Å². The zero-order valence-electron chi connectivity index (χ0n) is 15.4. The Labute approximate surface area is 173 Å². The molecule has 28 heavy (non-hydrogen) atoms. The molecule has 0 aromatic heterocycles. The summed E-state index contributed by atoms with van der Waals surface area (Å²) in [6, 6.07) is 6.15. The summed E-state index contributed by atoms with van der Waals surface area (Å²) in [5.74, 6) is -1.52. The molecule has 0 aliphatic carbocycles. The number of carbonyl (C=O) groups is 4. The van der Waals surface area contributed by atoms with Gasteiger partial charge >= 0.3 is 0 Å². The van der Waals surface area contributed by atoms with Gasteiger partial charge in [0.1, 0.15) is 0 Å². The van der Waals surface area contributed by atoms with Gasteiger partial charge in [-0.05, 0) is 43.9 Å². The molecule has 1 aromatic rings. The van der Waals surface area contributed by atoms with Crippen molar-refractivity contribution in [2.24, 2.45) is 0 Å². The average Bonchev–Trinajstić information content (AvgIpc) is 2.94. The van der Waals surface area contributed by atoms with Crippen LogP contribution in [0, 0.1) is 0 Å². The van der Waals surface area contributed by atoms with Gasteiger partial charge in [0.05, 0.1) is 0 Å². The van der Waals surface area contributed by atoms with Crippen molar-refractivity contribution in [3.63, 3.8) is 0 Å². The van der Waals surface area contributed by atoms with Gasteiger partial charge in [-0.2, -0.15) is 0 Å². The van der Waals surface area contributed by atoms with Crippen molar-refractivity contribution in [1.29, 1.82) is 0 Å². The van der Waals surface area contributed by atoms with E-state index in [1.165, 1.54) is 15.9 Å². The molecule has 2 fully saturated rings. The molecule has 0 spiro atoms. The number of amides is 4. The summed E-state index contributed by atoms with van der Waals surface area (Å²) in [6.07, 6.45) is 2.88. The molecular formula is C20H22Cl2N2O4. The summed E-state index contributed by atoms with van der Waals surface area (Å²) < 4.78 is 0. The number of carbonyl (C=O) groups excluding carboxylic acids is 4. The molecule has 6 nitrogen and oxygen atoms in total. The first-order valence-electron chi connectivity index (χ1n) is 9.44. The summed E-state index contributed by atoms with van der Waals surface area (Å²) in [6.45, 7) is 0.613. The summed E-state index contributed by atoms with van der Waals surface area (Å²) in [5.41, 5.74) is 0.481. The Morgan fingerprint density at radius 1 is 0.821 bits per heavy atom. The third-order valence-electron chi connectivity index (χ3n) is 5.04. The van der Waals surface area contributed by atoms with Crippen LogP contribution < -0.4 is 0 Å². The second kappa shape index (κ2) is 9.05. The van der Waals surface area contributed by atoms with Gasteiger partial charge in [-0.1, -0.05) is 6.07 Å². The number of rotatable bonds is 2. The van der Waals surface area contributed by atoms with E-state index in [-0.39, 0.29) is 46.5 Å². The molecule has 2 atom stereocenters. The Morgan fingerprint density at radius 2 is 1.25 bits per heavy atom. The maximum absolute atomic E-state index is 12.8. The molecule has 1 aromatic carbocycles. The molecule has 3 rings (SSSR count). The van der Waals surface area contributed by atoms with Gasteiger partial charge < -0.3 is 0 Å². The highest BCUT2D eigenvalue weighted by Gasteiger charge is 2.30. The monoisotopic (exact) mass is 424 g/mol. The Kier molecular flexibility index (Phi) is 6.73. The van der Waals surface area contributed by atoms with E-state index in [0.29, 0.717) is 38.8 Å². The fourth-order valence-electron chi connectivity index (χ4n) is 3.52. The number of halogens is 2. The normalized spacial score (nSPS) is 23.9. The molecule has 0 bridgehead atoms.